The molecular weight excluding hydrogens is 460 g/mol. The van der Waals surface area contributed by atoms with Gasteiger partial charge < -0.3 is 23.4 Å². The highest BCUT2D eigenvalue weighted by Gasteiger charge is 2.45. The maximum atomic E-state index is 13.7. The summed E-state index contributed by atoms with van der Waals surface area (Å²) in [5.41, 5.74) is 0.746. The van der Waals surface area contributed by atoms with Crippen molar-refractivity contribution in [2.45, 2.75) is 6.04 Å². The lowest BCUT2D eigenvalue weighted by Crippen LogP contribution is -2.29. The number of ether oxygens (including phenoxy) is 4. The maximum absolute atomic E-state index is 13.7. The summed E-state index contributed by atoms with van der Waals surface area (Å²) in [6.07, 6.45) is 1.60. The van der Waals surface area contributed by atoms with Crippen molar-refractivity contribution in [2.24, 2.45) is 0 Å². The molecule has 4 aromatic rings. The molecule has 174 valence electrons. The van der Waals surface area contributed by atoms with E-state index in [1.165, 1.54) is 44.7 Å². The van der Waals surface area contributed by atoms with Crippen molar-refractivity contribution in [1.82, 2.24) is 4.98 Å². The minimum atomic E-state index is -0.815. The Kier molecular flexibility index (Phi) is 5.37. The van der Waals surface area contributed by atoms with E-state index in [9.17, 15) is 9.59 Å². The third-order valence-corrected chi connectivity index (χ3v) is 6.48. The Morgan fingerprint density at radius 1 is 0.971 bits per heavy atom. The van der Waals surface area contributed by atoms with E-state index >= 15 is 0 Å². The average molecular weight is 480 g/mol. The Balaban J connectivity index is 1.82. The molecule has 0 radical (unpaired) electrons. The smallest absolute Gasteiger partial charge is 0.297 e. The Bertz CT molecular complexity index is 1440. The van der Waals surface area contributed by atoms with Crippen molar-refractivity contribution in [3.05, 3.63) is 69.0 Å². The van der Waals surface area contributed by atoms with Gasteiger partial charge in [-0.3, -0.25) is 14.5 Å². The van der Waals surface area contributed by atoms with Crippen LogP contribution in [-0.4, -0.2) is 39.3 Å². The predicted molar refractivity (Wildman–Crippen MR) is 126 cm³/mol. The van der Waals surface area contributed by atoms with Gasteiger partial charge in [0.1, 0.15) is 11.3 Å². The number of aromatic nitrogens is 1. The molecular formula is C24H20N2O7S. The Labute approximate surface area is 198 Å². The van der Waals surface area contributed by atoms with Gasteiger partial charge >= 0.3 is 0 Å². The van der Waals surface area contributed by atoms with E-state index in [2.05, 4.69) is 4.98 Å². The van der Waals surface area contributed by atoms with Crippen LogP contribution in [0.2, 0.25) is 0 Å². The molecule has 2 aromatic carbocycles. The number of nitrogens with zero attached hydrogens (tertiary/aromatic N) is 2. The molecule has 0 aliphatic carbocycles. The number of fused-ring (bicyclic) bond motifs is 2. The lowest BCUT2D eigenvalue weighted by Gasteiger charge is -2.24. The molecule has 1 unspecified atom stereocenters. The minimum absolute atomic E-state index is 0.0419. The molecule has 10 heteroatoms. The quantitative estimate of drug-likeness (QED) is 0.408. The van der Waals surface area contributed by atoms with E-state index < -0.39 is 11.9 Å². The minimum Gasteiger partial charge on any atom is -0.497 e. The second kappa shape index (κ2) is 8.38. The van der Waals surface area contributed by atoms with Crippen LogP contribution >= 0.6 is 11.3 Å². The van der Waals surface area contributed by atoms with Crippen LogP contribution in [0.3, 0.4) is 0 Å². The molecule has 2 aromatic heterocycles. The number of hydrogen-bond acceptors (Lipinski definition) is 9. The van der Waals surface area contributed by atoms with E-state index in [1.54, 1.807) is 41.9 Å². The summed E-state index contributed by atoms with van der Waals surface area (Å²) in [6.45, 7) is 0. The molecule has 0 saturated heterocycles. The SMILES string of the molecule is COc1ccc2c(=O)c3c(oc2c1)C(=O)N(c1nccs1)C3c1cc(OC)c(OC)c(OC)c1. The molecule has 34 heavy (non-hydrogen) atoms. The first-order chi connectivity index (χ1) is 16.5. The summed E-state index contributed by atoms with van der Waals surface area (Å²) in [6, 6.07) is 7.51. The first-order valence-electron chi connectivity index (χ1n) is 10.2. The molecule has 9 nitrogen and oxygen atoms in total. The number of carbonyl (C=O) groups excluding carboxylic acids is 1. The van der Waals surface area contributed by atoms with Crippen LogP contribution in [0, 0.1) is 0 Å². The van der Waals surface area contributed by atoms with Gasteiger partial charge in [0.05, 0.1) is 45.4 Å². The summed E-state index contributed by atoms with van der Waals surface area (Å²) in [5, 5.41) is 2.52. The van der Waals surface area contributed by atoms with E-state index in [0.717, 1.165) is 0 Å². The van der Waals surface area contributed by atoms with Crippen LogP contribution in [-0.2, 0) is 0 Å². The number of thiazole rings is 1. The van der Waals surface area contributed by atoms with Crippen molar-refractivity contribution in [2.75, 3.05) is 33.3 Å². The topological polar surface area (TPSA) is 100 Å². The molecule has 0 N–H and O–H groups in total. The van der Waals surface area contributed by atoms with Crippen LogP contribution in [0.1, 0.15) is 27.7 Å². The third kappa shape index (κ3) is 3.18. The fraction of sp³-hybridized carbons (Fsp3) is 0.208. The van der Waals surface area contributed by atoms with E-state index in [1.807, 2.05) is 0 Å². The lowest BCUT2D eigenvalue weighted by molar-refractivity contribution is 0.0970. The number of hydrogen-bond donors (Lipinski definition) is 0. The standard InChI is InChI=1S/C24H20N2O7S/c1-29-13-5-6-14-15(11-13)33-22-18(20(14)27)19(26(23(22)28)24-25-7-8-34-24)12-9-16(30-2)21(32-4)17(10-12)31-3/h5-11,19H,1-4H3. The van der Waals surface area contributed by atoms with Gasteiger partial charge in [0.2, 0.25) is 11.5 Å². The lowest BCUT2D eigenvalue weighted by atomic mass is 9.97. The van der Waals surface area contributed by atoms with Crippen LogP contribution < -0.4 is 29.3 Å². The van der Waals surface area contributed by atoms with Crippen LogP contribution in [0.5, 0.6) is 23.0 Å². The fourth-order valence-corrected chi connectivity index (χ4v) is 4.85. The van der Waals surface area contributed by atoms with Crippen LogP contribution in [0.25, 0.3) is 11.0 Å². The molecule has 5 rings (SSSR count). The number of carbonyl (C=O) groups is 1. The Hall–Kier alpha value is -4.05. The monoisotopic (exact) mass is 480 g/mol. The fourth-order valence-electron chi connectivity index (χ4n) is 4.18. The average Bonchev–Trinajstić information content (AvgIpc) is 3.49. The van der Waals surface area contributed by atoms with Crippen molar-refractivity contribution < 1.29 is 28.2 Å². The summed E-state index contributed by atoms with van der Waals surface area (Å²) in [4.78, 5) is 33.1. The number of benzene rings is 2. The molecule has 0 spiro atoms. The van der Waals surface area contributed by atoms with E-state index in [-0.39, 0.29) is 22.3 Å². The first kappa shape index (κ1) is 21.8. The van der Waals surface area contributed by atoms with Crippen molar-refractivity contribution in [3.8, 4) is 23.0 Å². The highest BCUT2D eigenvalue weighted by Crippen LogP contribution is 2.46. The van der Waals surface area contributed by atoms with Gasteiger partial charge in [-0.15, -0.1) is 11.3 Å². The van der Waals surface area contributed by atoms with Gasteiger partial charge in [-0.2, -0.15) is 0 Å². The highest BCUT2D eigenvalue weighted by atomic mass is 32.1. The third-order valence-electron chi connectivity index (χ3n) is 5.71. The normalized spacial score (nSPS) is 14.9. The van der Waals surface area contributed by atoms with E-state index in [0.29, 0.717) is 39.1 Å². The highest BCUT2D eigenvalue weighted by molar-refractivity contribution is 7.13. The van der Waals surface area contributed by atoms with E-state index in [4.69, 9.17) is 23.4 Å². The van der Waals surface area contributed by atoms with Gasteiger partial charge in [-0.1, -0.05) is 0 Å². The summed E-state index contributed by atoms with van der Waals surface area (Å²) in [7, 11) is 6.03. The first-order valence-corrected chi connectivity index (χ1v) is 11.1. The van der Waals surface area contributed by atoms with Crippen molar-refractivity contribution in [3.63, 3.8) is 0 Å². The Morgan fingerprint density at radius 2 is 1.71 bits per heavy atom. The van der Waals surface area contributed by atoms with Crippen LogP contribution in [0.4, 0.5) is 5.13 Å². The number of anilines is 1. The molecule has 0 fully saturated rings. The van der Waals surface area contributed by atoms with Gasteiger partial charge in [0.15, 0.2) is 22.1 Å². The molecule has 1 amide bonds. The summed E-state index contributed by atoms with van der Waals surface area (Å²) >= 11 is 1.28. The molecule has 1 aliphatic heterocycles. The Morgan fingerprint density at radius 3 is 2.29 bits per heavy atom. The zero-order valence-electron chi connectivity index (χ0n) is 18.8. The largest absolute Gasteiger partial charge is 0.497 e. The van der Waals surface area contributed by atoms with Gasteiger partial charge in [-0.05, 0) is 29.8 Å². The second-order valence-corrected chi connectivity index (χ2v) is 8.26. The summed E-state index contributed by atoms with van der Waals surface area (Å²) in [5.74, 6) is 1.19. The van der Waals surface area contributed by atoms with Gasteiger partial charge in [-0.25, -0.2) is 4.98 Å². The number of rotatable bonds is 6. The number of methoxy groups -OCH3 is 4. The summed E-state index contributed by atoms with van der Waals surface area (Å²) < 4.78 is 27.7. The molecule has 0 saturated carbocycles. The molecule has 1 atom stereocenters. The molecule has 1 aliphatic rings. The van der Waals surface area contributed by atoms with Gasteiger partial charge in [0, 0.05) is 17.6 Å². The van der Waals surface area contributed by atoms with Gasteiger partial charge in [0.25, 0.3) is 5.91 Å². The second-order valence-electron chi connectivity index (χ2n) is 7.39. The number of amides is 1. The molecule has 0 bridgehead atoms. The zero-order chi connectivity index (χ0) is 24.0. The van der Waals surface area contributed by atoms with Crippen molar-refractivity contribution >= 4 is 33.3 Å². The zero-order valence-corrected chi connectivity index (χ0v) is 19.6. The van der Waals surface area contributed by atoms with Crippen LogP contribution in [0.15, 0.2) is 51.1 Å². The molecule has 3 heterocycles. The predicted octanol–water partition coefficient (Wildman–Crippen LogP) is 4.03. The van der Waals surface area contributed by atoms with Crippen molar-refractivity contribution in [1.29, 1.82) is 0 Å². The maximum Gasteiger partial charge on any atom is 0.297 e.